The normalized spacial score (nSPS) is 15.8. The highest BCUT2D eigenvalue weighted by Gasteiger charge is 2.40. The van der Waals surface area contributed by atoms with E-state index in [2.05, 4.69) is 26.9 Å². The van der Waals surface area contributed by atoms with E-state index in [4.69, 9.17) is 16.3 Å². The van der Waals surface area contributed by atoms with Gasteiger partial charge >= 0.3 is 5.97 Å². The highest BCUT2D eigenvalue weighted by Crippen LogP contribution is 2.41. The molecule has 1 heterocycles. The molecule has 2 atom stereocenters. The molecule has 33 heavy (non-hydrogen) atoms. The zero-order valence-electron chi connectivity index (χ0n) is 17.8. The van der Waals surface area contributed by atoms with Gasteiger partial charge in [0.15, 0.2) is 0 Å². The van der Waals surface area contributed by atoms with Crippen LogP contribution in [0, 0.1) is 23.1 Å². The smallest absolute Gasteiger partial charge is 0.303 e. The molecule has 3 aromatic carbocycles. The van der Waals surface area contributed by atoms with Crippen molar-refractivity contribution in [2.45, 2.75) is 19.1 Å². The van der Waals surface area contributed by atoms with E-state index in [1.807, 2.05) is 42.5 Å². The first-order chi connectivity index (χ1) is 15.8. The van der Waals surface area contributed by atoms with Crippen molar-refractivity contribution in [3.05, 3.63) is 104 Å². The van der Waals surface area contributed by atoms with Crippen LogP contribution in [-0.2, 0) is 9.53 Å². The Hall–Kier alpha value is -2.72. The molecule has 0 radical (unpaired) electrons. The highest BCUT2D eigenvalue weighted by molar-refractivity contribution is 9.10. The molecule has 1 aliphatic rings. The van der Waals surface area contributed by atoms with Gasteiger partial charge in [-0.15, -0.1) is 0 Å². The van der Waals surface area contributed by atoms with Crippen molar-refractivity contribution in [3.63, 3.8) is 0 Å². The largest absolute Gasteiger partial charge is 0.457 e. The number of rotatable bonds is 6. The number of carbonyl (C=O) groups excluding carboxylic acids is 1. The van der Waals surface area contributed by atoms with Crippen LogP contribution >= 0.6 is 27.5 Å². The maximum absolute atomic E-state index is 14.0. The third-order valence-corrected chi connectivity index (χ3v) is 6.46. The van der Waals surface area contributed by atoms with E-state index in [-0.39, 0.29) is 17.8 Å². The molecule has 0 aromatic heterocycles. The topological polar surface area (TPSA) is 53.3 Å². The molecule has 0 unspecified atom stereocenters. The van der Waals surface area contributed by atoms with Gasteiger partial charge in [0, 0.05) is 35.4 Å². The summed E-state index contributed by atoms with van der Waals surface area (Å²) in [6, 6.07) is 21.9. The van der Waals surface area contributed by atoms with Gasteiger partial charge in [0.2, 0.25) is 0 Å². The number of esters is 1. The number of nitriles is 1. The first-order valence-corrected chi connectivity index (χ1v) is 11.6. The van der Waals surface area contributed by atoms with E-state index >= 15 is 0 Å². The molecule has 0 spiro atoms. The molecule has 168 valence electrons. The fourth-order valence-corrected chi connectivity index (χ4v) is 4.95. The maximum Gasteiger partial charge on any atom is 0.303 e. The molecule has 0 N–H and O–H groups in total. The van der Waals surface area contributed by atoms with Gasteiger partial charge in [-0.3, -0.25) is 9.69 Å². The van der Waals surface area contributed by atoms with Crippen molar-refractivity contribution in [2.24, 2.45) is 5.92 Å². The Morgan fingerprint density at radius 2 is 1.85 bits per heavy atom. The van der Waals surface area contributed by atoms with E-state index in [1.165, 1.54) is 19.1 Å². The molecule has 3 aromatic rings. The summed E-state index contributed by atoms with van der Waals surface area (Å²) in [6.45, 7) is 2.63. The van der Waals surface area contributed by atoms with E-state index < -0.39 is 12.1 Å². The van der Waals surface area contributed by atoms with Crippen LogP contribution in [0.25, 0.3) is 0 Å². The molecular formula is C26H21BrClFN2O2. The van der Waals surface area contributed by atoms with Crippen LogP contribution in [0.4, 0.5) is 4.39 Å². The number of hydrogen-bond acceptors (Lipinski definition) is 4. The molecule has 0 amide bonds. The van der Waals surface area contributed by atoms with Crippen LogP contribution in [0.5, 0.6) is 0 Å². The van der Waals surface area contributed by atoms with Crippen LogP contribution in [0.1, 0.15) is 41.3 Å². The predicted molar refractivity (Wildman–Crippen MR) is 128 cm³/mol. The van der Waals surface area contributed by atoms with Crippen LogP contribution in [0.2, 0.25) is 5.02 Å². The van der Waals surface area contributed by atoms with Gasteiger partial charge in [-0.25, -0.2) is 4.39 Å². The number of benzene rings is 3. The molecule has 1 aliphatic heterocycles. The van der Waals surface area contributed by atoms with Crippen LogP contribution in [0.3, 0.4) is 0 Å². The van der Waals surface area contributed by atoms with Gasteiger partial charge in [0.1, 0.15) is 11.9 Å². The van der Waals surface area contributed by atoms with Crippen LogP contribution < -0.4 is 0 Å². The van der Waals surface area contributed by atoms with Crippen molar-refractivity contribution in [1.82, 2.24) is 4.90 Å². The molecule has 4 nitrogen and oxygen atoms in total. The minimum absolute atomic E-state index is 0.00319. The number of nitrogens with zero attached hydrogens (tertiary/aromatic N) is 2. The summed E-state index contributed by atoms with van der Waals surface area (Å²) in [7, 11) is 0. The van der Waals surface area contributed by atoms with Crippen molar-refractivity contribution < 1.29 is 13.9 Å². The average molecular weight is 528 g/mol. The average Bonchev–Trinajstić information content (AvgIpc) is 2.75. The lowest BCUT2D eigenvalue weighted by molar-refractivity contribution is -0.154. The summed E-state index contributed by atoms with van der Waals surface area (Å²) >= 11 is 9.43. The number of likely N-dealkylation sites (tertiary alicyclic amines) is 1. The lowest BCUT2D eigenvalue weighted by Gasteiger charge is -2.47. The summed E-state index contributed by atoms with van der Waals surface area (Å²) < 4.78 is 20.3. The zero-order chi connectivity index (χ0) is 23.5. The first-order valence-electron chi connectivity index (χ1n) is 10.5. The van der Waals surface area contributed by atoms with Gasteiger partial charge in [-0.05, 0) is 59.2 Å². The second kappa shape index (κ2) is 10.0. The molecule has 1 saturated heterocycles. The molecule has 1 fully saturated rings. The lowest BCUT2D eigenvalue weighted by Crippen LogP contribution is -2.51. The molecular weight excluding hydrogens is 507 g/mol. The number of halogens is 3. The van der Waals surface area contributed by atoms with Crippen LogP contribution in [-0.4, -0.2) is 24.0 Å². The third-order valence-electron chi connectivity index (χ3n) is 5.75. The summed E-state index contributed by atoms with van der Waals surface area (Å²) in [5.41, 5.74) is 3.25. The molecule has 7 heteroatoms. The van der Waals surface area contributed by atoms with Gasteiger partial charge < -0.3 is 4.74 Å². The Kier molecular flexibility index (Phi) is 7.14. The molecule has 0 aliphatic carbocycles. The third kappa shape index (κ3) is 5.44. The van der Waals surface area contributed by atoms with E-state index in [1.54, 1.807) is 12.1 Å². The number of hydrogen-bond donors (Lipinski definition) is 0. The number of ether oxygens (including phenoxy) is 1. The molecule has 4 rings (SSSR count). The van der Waals surface area contributed by atoms with Crippen molar-refractivity contribution in [1.29, 1.82) is 5.26 Å². The summed E-state index contributed by atoms with van der Waals surface area (Å²) in [4.78, 5) is 14.1. The van der Waals surface area contributed by atoms with Crippen LogP contribution in [0.15, 0.2) is 71.2 Å². The predicted octanol–water partition coefficient (Wildman–Crippen LogP) is 6.44. The van der Waals surface area contributed by atoms with Crippen molar-refractivity contribution in [3.8, 4) is 6.07 Å². The molecule has 0 bridgehead atoms. The van der Waals surface area contributed by atoms with Gasteiger partial charge in [-0.1, -0.05) is 51.8 Å². The second-order valence-corrected chi connectivity index (χ2v) is 9.49. The maximum atomic E-state index is 14.0. The summed E-state index contributed by atoms with van der Waals surface area (Å²) in [5, 5.41) is 10.0. The van der Waals surface area contributed by atoms with Gasteiger partial charge in [0.05, 0.1) is 17.7 Å². The SMILES string of the molecule is CC(=O)O[C@H](c1cc(F)cc(Br)c1)C1CN([C@@H](c2ccc(Cl)cc2)c2cccc(C#N)c2)C1. The summed E-state index contributed by atoms with van der Waals surface area (Å²) in [5.74, 6) is -0.800. The lowest BCUT2D eigenvalue weighted by atomic mass is 9.84. The zero-order valence-corrected chi connectivity index (χ0v) is 20.2. The van der Waals surface area contributed by atoms with Crippen molar-refractivity contribution >= 4 is 33.5 Å². The first kappa shape index (κ1) is 23.4. The van der Waals surface area contributed by atoms with E-state index in [0.717, 1.165) is 11.1 Å². The Balaban J connectivity index is 1.63. The van der Waals surface area contributed by atoms with Crippen molar-refractivity contribution in [2.75, 3.05) is 13.1 Å². The standard InChI is InChI=1S/C26H21BrClFN2O2/c1-16(32)33-26(20-10-22(27)12-24(29)11-20)21-14-31(15-21)25(18-5-7-23(28)8-6-18)19-4-2-3-17(9-19)13-30/h2-12,21,25-26H,14-15H2,1H3/t25-,26+/m0/s1. The van der Waals surface area contributed by atoms with E-state index in [9.17, 15) is 14.4 Å². The Bertz CT molecular complexity index is 1190. The van der Waals surface area contributed by atoms with Gasteiger partial charge in [-0.2, -0.15) is 5.26 Å². The highest BCUT2D eigenvalue weighted by atomic mass is 79.9. The monoisotopic (exact) mass is 526 g/mol. The fourth-order valence-electron chi connectivity index (χ4n) is 4.34. The second-order valence-electron chi connectivity index (χ2n) is 8.14. The Morgan fingerprint density at radius 1 is 1.12 bits per heavy atom. The molecule has 0 saturated carbocycles. The summed E-state index contributed by atoms with van der Waals surface area (Å²) in [6.07, 6.45) is -0.554. The quantitative estimate of drug-likeness (QED) is 0.346. The van der Waals surface area contributed by atoms with Gasteiger partial charge in [0.25, 0.3) is 0 Å². The Labute approximate surface area is 205 Å². The minimum Gasteiger partial charge on any atom is -0.457 e. The number of carbonyl (C=O) groups is 1. The Morgan fingerprint density at radius 3 is 2.48 bits per heavy atom. The minimum atomic E-state index is -0.554. The van der Waals surface area contributed by atoms with E-state index in [0.29, 0.717) is 33.7 Å². The fraction of sp³-hybridized carbons (Fsp3) is 0.231.